The Hall–Kier alpha value is -3.41. The SMILES string of the molecule is CNC(=O)c1ccc(/C=C/C(=O)N2Cc3ccccc3CC2C(=O)O)cc1. The number of nitrogens with zero attached hydrogens (tertiary/aromatic N) is 1. The molecule has 2 aromatic rings. The van der Waals surface area contributed by atoms with Crippen molar-refractivity contribution in [2.24, 2.45) is 0 Å². The highest BCUT2D eigenvalue weighted by molar-refractivity contribution is 5.96. The lowest BCUT2D eigenvalue weighted by Crippen LogP contribution is -2.48. The van der Waals surface area contributed by atoms with Crippen molar-refractivity contribution in [3.8, 4) is 0 Å². The van der Waals surface area contributed by atoms with Crippen LogP contribution in [0.2, 0.25) is 0 Å². The standard InChI is InChI=1S/C21H20N2O4/c1-22-20(25)15-9-6-14(7-10-15)8-11-19(24)23-13-17-5-3-2-4-16(17)12-18(23)21(26)27/h2-11,18H,12-13H2,1H3,(H,22,25)(H,26,27)/b11-8+. The maximum absolute atomic E-state index is 12.6. The lowest BCUT2D eigenvalue weighted by Gasteiger charge is -2.33. The summed E-state index contributed by atoms with van der Waals surface area (Å²) in [6.45, 7) is 0.270. The molecule has 6 nitrogen and oxygen atoms in total. The highest BCUT2D eigenvalue weighted by atomic mass is 16.4. The minimum Gasteiger partial charge on any atom is -0.480 e. The summed E-state index contributed by atoms with van der Waals surface area (Å²) < 4.78 is 0. The summed E-state index contributed by atoms with van der Waals surface area (Å²) in [7, 11) is 1.56. The van der Waals surface area contributed by atoms with Crippen LogP contribution in [-0.4, -0.2) is 40.9 Å². The molecule has 0 aromatic heterocycles. The number of fused-ring (bicyclic) bond motifs is 1. The summed E-state index contributed by atoms with van der Waals surface area (Å²) in [4.78, 5) is 37.2. The number of amides is 2. The van der Waals surface area contributed by atoms with Crippen LogP contribution in [0, 0.1) is 0 Å². The molecule has 0 fully saturated rings. The molecule has 0 saturated heterocycles. The van der Waals surface area contributed by atoms with E-state index in [1.165, 1.54) is 11.0 Å². The average Bonchev–Trinajstić information content (AvgIpc) is 2.70. The van der Waals surface area contributed by atoms with E-state index in [4.69, 9.17) is 0 Å². The van der Waals surface area contributed by atoms with Crippen LogP contribution in [0.4, 0.5) is 0 Å². The second kappa shape index (κ2) is 7.86. The van der Waals surface area contributed by atoms with E-state index in [0.717, 1.165) is 16.7 Å². The average molecular weight is 364 g/mol. The highest BCUT2D eigenvalue weighted by Crippen LogP contribution is 2.24. The van der Waals surface area contributed by atoms with Crippen LogP contribution in [0.5, 0.6) is 0 Å². The Morgan fingerprint density at radius 3 is 2.37 bits per heavy atom. The molecule has 1 aliphatic heterocycles. The van der Waals surface area contributed by atoms with Crippen LogP contribution in [0.15, 0.2) is 54.6 Å². The van der Waals surface area contributed by atoms with E-state index in [1.54, 1.807) is 37.4 Å². The van der Waals surface area contributed by atoms with Gasteiger partial charge in [0.05, 0.1) is 0 Å². The van der Waals surface area contributed by atoms with Crippen molar-refractivity contribution in [3.05, 3.63) is 76.9 Å². The first-order valence-corrected chi connectivity index (χ1v) is 8.60. The van der Waals surface area contributed by atoms with E-state index < -0.39 is 12.0 Å². The van der Waals surface area contributed by atoms with Gasteiger partial charge in [-0.15, -0.1) is 0 Å². The van der Waals surface area contributed by atoms with Crippen molar-refractivity contribution in [2.75, 3.05) is 7.05 Å². The van der Waals surface area contributed by atoms with E-state index in [2.05, 4.69) is 5.32 Å². The summed E-state index contributed by atoms with van der Waals surface area (Å²) >= 11 is 0. The molecule has 1 unspecified atom stereocenters. The van der Waals surface area contributed by atoms with Gasteiger partial charge in [0.1, 0.15) is 6.04 Å². The molecule has 0 bridgehead atoms. The number of carboxylic acid groups (broad SMARTS) is 1. The Bertz CT molecular complexity index is 903. The molecule has 1 heterocycles. The molecule has 3 rings (SSSR count). The molecule has 2 amide bonds. The van der Waals surface area contributed by atoms with Crippen LogP contribution in [0.25, 0.3) is 6.08 Å². The summed E-state index contributed by atoms with van der Waals surface area (Å²) in [6.07, 6.45) is 3.29. The third-order valence-electron chi connectivity index (χ3n) is 4.63. The molecule has 0 spiro atoms. The first-order valence-electron chi connectivity index (χ1n) is 8.60. The van der Waals surface area contributed by atoms with E-state index >= 15 is 0 Å². The fraction of sp³-hybridized carbons (Fsp3) is 0.190. The maximum Gasteiger partial charge on any atom is 0.326 e. The van der Waals surface area contributed by atoms with Crippen molar-refractivity contribution < 1.29 is 19.5 Å². The Labute approximate surface area is 157 Å². The number of carbonyl (C=O) groups is 3. The molecule has 0 radical (unpaired) electrons. The van der Waals surface area contributed by atoms with Gasteiger partial charge in [0, 0.05) is 31.7 Å². The molecule has 0 saturated carbocycles. The van der Waals surface area contributed by atoms with Crippen molar-refractivity contribution in [1.29, 1.82) is 0 Å². The molecular formula is C21H20N2O4. The third-order valence-corrected chi connectivity index (χ3v) is 4.63. The Morgan fingerprint density at radius 2 is 1.74 bits per heavy atom. The number of aliphatic carboxylic acids is 1. The maximum atomic E-state index is 12.6. The topological polar surface area (TPSA) is 86.7 Å². The largest absolute Gasteiger partial charge is 0.480 e. The Balaban J connectivity index is 1.77. The zero-order valence-corrected chi connectivity index (χ0v) is 14.9. The first kappa shape index (κ1) is 18.4. The number of benzene rings is 2. The van der Waals surface area contributed by atoms with Gasteiger partial charge in [-0.25, -0.2) is 4.79 Å². The predicted molar refractivity (Wildman–Crippen MR) is 101 cm³/mol. The summed E-state index contributed by atoms with van der Waals surface area (Å²) in [5.74, 6) is -1.55. The normalized spacial score (nSPS) is 16.0. The first-order chi connectivity index (χ1) is 13.0. The minimum atomic E-state index is -1.01. The number of carbonyl (C=O) groups excluding carboxylic acids is 2. The third kappa shape index (κ3) is 4.06. The molecule has 2 aromatic carbocycles. The number of hydrogen-bond acceptors (Lipinski definition) is 3. The van der Waals surface area contributed by atoms with E-state index in [0.29, 0.717) is 12.0 Å². The molecule has 0 aliphatic carbocycles. The van der Waals surface area contributed by atoms with Gasteiger partial charge < -0.3 is 15.3 Å². The van der Waals surface area contributed by atoms with Crippen LogP contribution in [0.3, 0.4) is 0 Å². The molecule has 27 heavy (non-hydrogen) atoms. The van der Waals surface area contributed by atoms with Gasteiger partial charge in [-0.1, -0.05) is 36.4 Å². The number of nitrogens with one attached hydrogen (secondary N) is 1. The van der Waals surface area contributed by atoms with E-state index in [1.807, 2.05) is 24.3 Å². The van der Waals surface area contributed by atoms with Gasteiger partial charge in [-0.05, 0) is 34.9 Å². The van der Waals surface area contributed by atoms with Crippen molar-refractivity contribution >= 4 is 23.9 Å². The van der Waals surface area contributed by atoms with Crippen LogP contribution in [-0.2, 0) is 22.6 Å². The van der Waals surface area contributed by atoms with Crippen molar-refractivity contribution in [2.45, 2.75) is 19.0 Å². The van der Waals surface area contributed by atoms with Gasteiger partial charge in [0.15, 0.2) is 0 Å². The monoisotopic (exact) mass is 364 g/mol. The zero-order chi connectivity index (χ0) is 19.4. The molecular weight excluding hydrogens is 344 g/mol. The van der Waals surface area contributed by atoms with Gasteiger partial charge in [0.2, 0.25) is 5.91 Å². The summed E-state index contributed by atoms with van der Waals surface area (Å²) in [6, 6.07) is 13.5. The number of carboxylic acids is 1. The second-order valence-corrected chi connectivity index (χ2v) is 6.33. The van der Waals surface area contributed by atoms with Gasteiger partial charge in [0.25, 0.3) is 5.91 Å². The molecule has 1 aliphatic rings. The van der Waals surface area contributed by atoms with Crippen LogP contribution in [0.1, 0.15) is 27.0 Å². The van der Waals surface area contributed by atoms with Gasteiger partial charge >= 0.3 is 5.97 Å². The number of rotatable bonds is 4. The van der Waals surface area contributed by atoms with Crippen molar-refractivity contribution in [1.82, 2.24) is 10.2 Å². The fourth-order valence-electron chi connectivity index (χ4n) is 3.13. The van der Waals surface area contributed by atoms with Gasteiger partial charge in [-0.3, -0.25) is 9.59 Å². The molecule has 2 N–H and O–H groups in total. The lowest BCUT2D eigenvalue weighted by atomic mass is 9.94. The van der Waals surface area contributed by atoms with Crippen LogP contribution >= 0.6 is 0 Å². The fourth-order valence-corrected chi connectivity index (χ4v) is 3.13. The van der Waals surface area contributed by atoms with E-state index in [9.17, 15) is 19.5 Å². The van der Waals surface area contributed by atoms with Crippen LogP contribution < -0.4 is 5.32 Å². The Kier molecular flexibility index (Phi) is 5.35. The minimum absolute atomic E-state index is 0.183. The smallest absolute Gasteiger partial charge is 0.326 e. The lowest BCUT2D eigenvalue weighted by molar-refractivity contribution is -0.149. The zero-order valence-electron chi connectivity index (χ0n) is 14.9. The van der Waals surface area contributed by atoms with E-state index in [-0.39, 0.29) is 18.4 Å². The molecule has 138 valence electrons. The molecule has 1 atom stereocenters. The molecule has 6 heteroatoms. The number of hydrogen-bond donors (Lipinski definition) is 2. The second-order valence-electron chi connectivity index (χ2n) is 6.33. The highest BCUT2D eigenvalue weighted by Gasteiger charge is 2.33. The summed E-state index contributed by atoms with van der Waals surface area (Å²) in [5, 5.41) is 12.1. The predicted octanol–water partition coefficient (Wildman–Crippen LogP) is 2.10. The Morgan fingerprint density at radius 1 is 1.07 bits per heavy atom. The van der Waals surface area contributed by atoms with Gasteiger partial charge in [-0.2, -0.15) is 0 Å². The summed E-state index contributed by atoms with van der Waals surface area (Å²) in [5.41, 5.74) is 3.20. The van der Waals surface area contributed by atoms with Crippen molar-refractivity contribution in [3.63, 3.8) is 0 Å². The quantitative estimate of drug-likeness (QED) is 0.814.